The first-order chi connectivity index (χ1) is 11.1. The van der Waals surface area contributed by atoms with Crippen molar-refractivity contribution >= 4 is 11.6 Å². The van der Waals surface area contributed by atoms with Gasteiger partial charge in [0.2, 0.25) is 0 Å². The van der Waals surface area contributed by atoms with Crippen LogP contribution in [0.5, 0.6) is 0 Å². The van der Waals surface area contributed by atoms with Gasteiger partial charge < -0.3 is 10.4 Å². The molecule has 0 aliphatic carbocycles. The number of hydrogen-bond acceptors (Lipinski definition) is 4. The van der Waals surface area contributed by atoms with Crippen LogP contribution in [0, 0.1) is 6.92 Å². The van der Waals surface area contributed by atoms with Gasteiger partial charge in [-0.1, -0.05) is 36.4 Å². The number of anilines is 1. The second-order valence-electron chi connectivity index (χ2n) is 5.10. The third-order valence-corrected chi connectivity index (χ3v) is 3.47. The highest BCUT2D eigenvalue weighted by Crippen LogP contribution is 2.18. The van der Waals surface area contributed by atoms with Gasteiger partial charge in [-0.05, 0) is 30.7 Å². The van der Waals surface area contributed by atoms with Crippen molar-refractivity contribution in [1.82, 2.24) is 14.8 Å². The average molecular weight is 308 g/mol. The highest BCUT2D eigenvalue weighted by atomic mass is 16.3. The maximum Gasteiger partial charge on any atom is 0.257 e. The van der Waals surface area contributed by atoms with Crippen molar-refractivity contribution in [2.75, 3.05) is 5.32 Å². The van der Waals surface area contributed by atoms with Crippen molar-refractivity contribution in [1.29, 1.82) is 0 Å². The summed E-state index contributed by atoms with van der Waals surface area (Å²) in [6, 6.07) is 16.1. The number of aromatic nitrogens is 3. The number of nitrogens with zero attached hydrogens (tertiary/aromatic N) is 3. The number of nitrogens with one attached hydrogen (secondary N) is 1. The van der Waals surface area contributed by atoms with Crippen LogP contribution in [0.4, 0.5) is 5.69 Å². The molecule has 1 unspecified atom stereocenters. The lowest BCUT2D eigenvalue weighted by Gasteiger charge is -2.12. The molecular formula is C17H16N4O2. The molecule has 0 saturated heterocycles. The second-order valence-corrected chi connectivity index (χ2v) is 5.10. The molecule has 0 spiro atoms. The molecule has 1 heterocycles. The molecule has 116 valence electrons. The fourth-order valence-electron chi connectivity index (χ4n) is 2.28. The Morgan fingerprint density at radius 1 is 1.17 bits per heavy atom. The highest BCUT2D eigenvalue weighted by Gasteiger charge is 2.17. The summed E-state index contributed by atoms with van der Waals surface area (Å²) in [4.78, 5) is 12.2. The zero-order chi connectivity index (χ0) is 16.2. The summed E-state index contributed by atoms with van der Waals surface area (Å²) in [6.45, 7) is 1.84. The number of carbonyl (C=O) groups is 1. The summed E-state index contributed by atoms with van der Waals surface area (Å²) in [5.74, 6) is 0.270. The third-order valence-electron chi connectivity index (χ3n) is 3.47. The number of amides is 1. The summed E-state index contributed by atoms with van der Waals surface area (Å²) >= 11 is 0. The molecule has 2 N–H and O–H groups in total. The monoisotopic (exact) mass is 308 g/mol. The van der Waals surface area contributed by atoms with Crippen molar-refractivity contribution < 1.29 is 9.90 Å². The number of rotatable bonds is 4. The van der Waals surface area contributed by atoms with E-state index < -0.39 is 12.0 Å². The molecule has 6 nitrogen and oxygen atoms in total. The Hall–Kier alpha value is -2.99. The van der Waals surface area contributed by atoms with Crippen molar-refractivity contribution in [3.63, 3.8) is 0 Å². The van der Waals surface area contributed by atoms with E-state index in [1.54, 1.807) is 42.7 Å². The van der Waals surface area contributed by atoms with Crippen molar-refractivity contribution in [3.05, 3.63) is 72.3 Å². The van der Waals surface area contributed by atoms with Crippen molar-refractivity contribution in [3.8, 4) is 5.69 Å². The van der Waals surface area contributed by atoms with Crippen LogP contribution in [0.25, 0.3) is 5.69 Å². The first-order valence-electron chi connectivity index (χ1n) is 7.16. The molecule has 6 heteroatoms. The van der Waals surface area contributed by atoms with Gasteiger partial charge in [0, 0.05) is 5.69 Å². The summed E-state index contributed by atoms with van der Waals surface area (Å²) in [5, 5.41) is 20.6. The van der Waals surface area contributed by atoms with E-state index in [9.17, 15) is 9.90 Å². The van der Waals surface area contributed by atoms with Gasteiger partial charge >= 0.3 is 0 Å². The standard InChI is InChI=1S/C17H16N4O2/c1-12-20-18-11-21(12)15-9-5-8-14(10-15)19-17(23)16(22)13-6-3-2-4-7-13/h2-11,16,22H,1H3,(H,19,23). The van der Waals surface area contributed by atoms with Gasteiger partial charge in [-0.2, -0.15) is 0 Å². The van der Waals surface area contributed by atoms with Crippen LogP contribution >= 0.6 is 0 Å². The molecule has 3 rings (SSSR count). The number of carbonyl (C=O) groups excluding carboxylic acids is 1. The predicted octanol–water partition coefficient (Wildman–Crippen LogP) is 2.25. The fourth-order valence-corrected chi connectivity index (χ4v) is 2.28. The molecule has 3 aromatic rings. The fraction of sp³-hybridized carbons (Fsp3) is 0.118. The van der Waals surface area contributed by atoms with E-state index in [1.807, 2.05) is 29.7 Å². The summed E-state index contributed by atoms with van der Waals surface area (Å²) in [5.41, 5.74) is 1.98. The molecule has 23 heavy (non-hydrogen) atoms. The Morgan fingerprint density at radius 3 is 2.65 bits per heavy atom. The van der Waals surface area contributed by atoms with E-state index in [0.717, 1.165) is 11.5 Å². The van der Waals surface area contributed by atoms with Crippen molar-refractivity contribution in [2.45, 2.75) is 13.0 Å². The lowest BCUT2D eigenvalue weighted by molar-refractivity contribution is -0.124. The number of aryl methyl sites for hydroxylation is 1. The number of aliphatic hydroxyl groups is 1. The first-order valence-corrected chi connectivity index (χ1v) is 7.16. The van der Waals surface area contributed by atoms with Crippen molar-refractivity contribution in [2.24, 2.45) is 0 Å². The zero-order valence-electron chi connectivity index (χ0n) is 12.5. The Balaban J connectivity index is 1.78. The van der Waals surface area contributed by atoms with Crippen LogP contribution in [0.3, 0.4) is 0 Å². The van der Waals surface area contributed by atoms with Crippen LogP contribution in [0.15, 0.2) is 60.9 Å². The van der Waals surface area contributed by atoms with Gasteiger partial charge in [0.15, 0.2) is 6.10 Å². The molecule has 0 radical (unpaired) electrons. The van der Waals surface area contributed by atoms with Gasteiger partial charge in [0.25, 0.3) is 5.91 Å². The molecule has 0 fully saturated rings. The molecule has 0 bridgehead atoms. The molecule has 0 aliphatic heterocycles. The number of benzene rings is 2. The first kappa shape index (κ1) is 14.9. The molecule has 0 saturated carbocycles. The molecular weight excluding hydrogens is 292 g/mol. The summed E-state index contributed by atoms with van der Waals surface area (Å²) < 4.78 is 1.81. The van der Waals surface area contributed by atoms with Gasteiger partial charge in [0.1, 0.15) is 12.2 Å². The lowest BCUT2D eigenvalue weighted by Crippen LogP contribution is -2.20. The minimum Gasteiger partial charge on any atom is -0.378 e. The van der Waals surface area contributed by atoms with E-state index in [1.165, 1.54) is 0 Å². The normalized spacial score (nSPS) is 11.9. The van der Waals surface area contributed by atoms with Crippen LogP contribution < -0.4 is 5.32 Å². The summed E-state index contributed by atoms with van der Waals surface area (Å²) in [6.07, 6.45) is 0.395. The number of aliphatic hydroxyl groups excluding tert-OH is 1. The number of hydrogen-bond donors (Lipinski definition) is 2. The highest BCUT2D eigenvalue weighted by molar-refractivity contribution is 5.94. The van der Waals surface area contributed by atoms with Gasteiger partial charge in [-0.25, -0.2) is 0 Å². The largest absolute Gasteiger partial charge is 0.378 e. The molecule has 1 atom stereocenters. The lowest BCUT2D eigenvalue weighted by atomic mass is 10.1. The molecule has 1 amide bonds. The third kappa shape index (κ3) is 3.27. The van der Waals surface area contributed by atoms with E-state index in [4.69, 9.17) is 0 Å². The maximum absolute atomic E-state index is 12.2. The quantitative estimate of drug-likeness (QED) is 0.774. The minimum atomic E-state index is -1.21. The Bertz CT molecular complexity index is 814. The smallest absolute Gasteiger partial charge is 0.257 e. The Kier molecular flexibility index (Phi) is 4.16. The zero-order valence-corrected chi connectivity index (χ0v) is 12.5. The molecule has 0 aliphatic rings. The topological polar surface area (TPSA) is 80.0 Å². The van der Waals surface area contributed by atoms with Crippen LogP contribution in [-0.2, 0) is 4.79 Å². The Morgan fingerprint density at radius 2 is 1.96 bits per heavy atom. The van der Waals surface area contributed by atoms with Crippen LogP contribution in [0.2, 0.25) is 0 Å². The second kappa shape index (κ2) is 6.41. The average Bonchev–Trinajstić information content (AvgIpc) is 3.01. The maximum atomic E-state index is 12.2. The molecule has 1 aromatic heterocycles. The minimum absolute atomic E-state index is 0.478. The summed E-state index contributed by atoms with van der Waals surface area (Å²) in [7, 11) is 0. The van der Waals surface area contributed by atoms with Gasteiger partial charge in [0.05, 0.1) is 5.69 Å². The van der Waals surface area contributed by atoms with E-state index in [0.29, 0.717) is 11.3 Å². The van der Waals surface area contributed by atoms with E-state index >= 15 is 0 Å². The van der Waals surface area contributed by atoms with Gasteiger partial charge in [-0.15, -0.1) is 10.2 Å². The van der Waals surface area contributed by atoms with E-state index in [2.05, 4.69) is 15.5 Å². The molecule has 2 aromatic carbocycles. The van der Waals surface area contributed by atoms with E-state index in [-0.39, 0.29) is 0 Å². The predicted molar refractivity (Wildman–Crippen MR) is 86.1 cm³/mol. The Labute approximate surface area is 133 Å². The van der Waals surface area contributed by atoms with Crippen LogP contribution in [-0.4, -0.2) is 25.8 Å². The van der Waals surface area contributed by atoms with Gasteiger partial charge in [-0.3, -0.25) is 9.36 Å². The van der Waals surface area contributed by atoms with Crippen LogP contribution in [0.1, 0.15) is 17.5 Å². The SMILES string of the molecule is Cc1nncn1-c1cccc(NC(=O)C(O)c2ccccc2)c1.